The van der Waals surface area contributed by atoms with Gasteiger partial charge in [0.25, 0.3) is 0 Å². The number of furan rings is 2. The molecule has 0 unspecified atom stereocenters. The van der Waals surface area contributed by atoms with E-state index >= 15 is 0 Å². The summed E-state index contributed by atoms with van der Waals surface area (Å²) in [5.41, 5.74) is 15.3. The molecule has 8 aromatic carbocycles. The molecule has 3 nitrogen and oxygen atoms in total. The Morgan fingerprint density at radius 3 is 1.57 bits per heavy atom. The Morgan fingerprint density at radius 1 is 0.377 bits per heavy atom. The number of anilines is 3. The summed E-state index contributed by atoms with van der Waals surface area (Å²) in [5.74, 6) is 0. The van der Waals surface area contributed by atoms with Crippen LogP contribution in [-0.4, -0.2) is 0 Å². The second-order valence-corrected chi connectivity index (χ2v) is 14.2. The number of hydrogen-bond acceptors (Lipinski definition) is 3. The summed E-state index contributed by atoms with van der Waals surface area (Å²) in [6.45, 7) is 2.35. The van der Waals surface area contributed by atoms with Crippen molar-refractivity contribution in [2.45, 2.75) is 12.3 Å². The van der Waals surface area contributed by atoms with E-state index in [1.165, 1.54) is 38.9 Å². The first-order valence-corrected chi connectivity index (χ1v) is 18.2. The first-order valence-electron chi connectivity index (χ1n) is 18.2. The Kier molecular flexibility index (Phi) is 6.38. The summed E-state index contributed by atoms with van der Waals surface area (Å²) in [5, 5.41) is 4.39. The summed E-state index contributed by atoms with van der Waals surface area (Å²) >= 11 is 0. The molecule has 2 heterocycles. The standard InChI is InChI=1S/C50H33NO2/c1-50(44-16-8-5-13-38(44)39-14-6-9-17-45(39)50)34-21-26-41-43-31-37(25-28-48(43)53-49(41)29-34)51(35-22-19-33(20-23-35)32-11-3-2-4-12-32)36-24-27-47-42(30-36)40-15-7-10-18-46(40)52-47/h2-31H,1H3. The zero-order valence-corrected chi connectivity index (χ0v) is 29.1. The quantitative estimate of drug-likeness (QED) is 0.181. The third kappa shape index (κ3) is 4.47. The van der Waals surface area contributed by atoms with Gasteiger partial charge in [0.15, 0.2) is 0 Å². The van der Waals surface area contributed by atoms with E-state index < -0.39 is 0 Å². The lowest BCUT2D eigenvalue weighted by atomic mass is 9.74. The first kappa shape index (κ1) is 29.8. The van der Waals surface area contributed by atoms with E-state index in [9.17, 15) is 0 Å². The molecule has 1 aliphatic rings. The molecule has 1 aliphatic carbocycles. The van der Waals surface area contributed by atoms with Crippen molar-refractivity contribution in [2.24, 2.45) is 0 Å². The molecule has 0 spiro atoms. The lowest BCUT2D eigenvalue weighted by Gasteiger charge is -2.28. The average Bonchev–Trinajstić information content (AvgIpc) is 3.86. The van der Waals surface area contributed by atoms with Crippen LogP contribution in [0.3, 0.4) is 0 Å². The van der Waals surface area contributed by atoms with Crippen LogP contribution >= 0.6 is 0 Å². The molecular formula is C50H33NO2. The maximum atomic E-state index is 6.65. The fourth-order valence-electron chi connectivity index (χ4n) is 8.71. The van der Waals surface area contributed by atoms with Crippen LogP contribution in [0.4, 0.5) is 17.1 Å². The highest BCUT2D eigenvalue weighted by Gasteiger charge is 2.40. The maximum absolute atomic E-state index is 6.65. The Morgan fingerprint density at radius 2 is 0.887 bits per heavy atom. The monoisotopic (exact) mass is 679 g/mol. The van der Waals surface area contributed by atoms with E-state index in [1.54, 1.807) is 0 Å². The summed E-state index contributed by atoms with van der Waals surface area (Å²) < 4.78 is 12.9. The minimum atomic E-state index is -0.288. The van der Waals surface area contributed by atoms with Crippen LogP contribution in [0, 0.1) is 0 Å². The van der Waals surface area contributed by atoms with E-state index in [0.29, 0.717) is 0 Å². The number of para-hydroxylation sites is 1. The van der Waals surface area contributed by atoms with Gasteiger partial charge in [-0.05, 0) is 107 Å². The smallest absolute Gasteiger partial charge is 0.135 e. The SMILES string of the molecule is CC1(c2ccc3c(c2)oc2ccc(N(c4ccc(-c5ccccc5)cc4)c4ccc5oc6ccccc6c5c4)cc23)c2ccccc2-c2ccccc21. The second-order valence-electron chi connectivity index (χ2n) is 14.2. The third-order valence-electron chi connectivity index (χ3n) is 11.4. The number of fused-ring (bicyclic) bond motifs is 9. The molecule has 10 aromatic rings. The molecule has 250 valence electrons. The van der Waals surface area contributed by atoms with Crippen molar-refractivity contribution in [1.82, 2.24) is 0 Å². The normalized spacial score (nSPS) is 13.2. The molecule has 53 heavy (non-hydrogen) atoms. The molecule has 0 atom stereocenters. The van der Waals surface area contributed by atoms with Crippen LogP contribution in [-0.2, 0) is 5.41 Å². The van der Waals surface area contributed by atoms with Crippen LogP contribution < -0.4 is 4.90 Å². The fraction of sp³-hybridized carbons (Fsp3) is 0.0400. The van der Waals surface area contributed by atoms with Crippen LogP contribution in [0.15, 0.2) is 191 Å². The van der Waals surface area contributed by atoms with Crippen LogP contribution in [0.1, 0.15) is 23.6 Å². The predicted molar refractivity (Wildman–Crippen MR) is 219 cm³/mol. The maximum Gasteiger partial charge on any atom is 0.135 e. The summed E-state index contributed by atoms with van der Waals surface area (Å²) in [6, 6.07) is 65.0. The minimum absolute atomic E-state index is 0.288. The largest absolute Gasteiger partial charge is 0.456 e. The molecule has 2 aromatic heterocycles. The molecule has 0 N–H and O–H groups in total. The van der Waals surface area contributed by atoms with Gasteiger partial charge in [-0.2, -0.15) is 0 Å². The summed E-state index contributed by atoms with van der Waals surface area (Å²) in [6.07, 6.45) is 0. The molecule has 0 aliphatic heterocycles. The second kappa shape index (κ2) is 11.3. The topological polar surface area (TPSA) is 29.5 Å². The van der Waals surface area contributed by atoms with Gasteiger partial charge in [-0.3, -0.25) is 0 Å². The average molecular weight is 680 g/mol. The predicted octanol–water partition coefficient (Wildman–Crippen LogP) is 14.0. The van der Waals surface area contributed by atoms with Gasteiger partial charge in [-0.25, -0.2) is 0 Å². The minimum Gasteiger partial charge on any atom is -0.456 e. The lowest BCUT2D eigenvalue weighted by Crippen LogP contribution is -2.22. The van der Waals surface area contributed by atoms with Crippen molar-refractivity contribution in [3.8, 4) is 22.3 Å². The van der Waals surface area contributed by atoms with E-state index in [4.69, 9.17) is 8.83 Å². The Hall–Kier alpha value is -6.84. The molecule has 3 heteroatoms. The molecule has 0 amide bonds. The van der Waals surface area contributed by atoms with Gasteiger partial charge >= 0.3 is 0 Å². The zero-order chi connectivity index (χ0) is 35.1. The van der Waals surface area contributed by atoms with Crippen LogP contribution in [0.5, 0.6) is 0 Å². The molecule has 0 radical (unpaired) electrons. The number of hydrogen-bond donors (Lipinski definition) is 0. The highest BCUT2D eigenvalue weighted by Crippen LogP contribution is 2.53. The molecule has 11 rings (SSSR count). The molecular weight excluding hydrogens is 647 g/mol. The van der Waals surface area contributed by atoms with Gasteiger partial charge in [0.1, 0.15) is 22.3 Å². The highest BCUT2D eigenvalue weighted by atomic mass is 16.3. The Balaban J connectivity index is 1.06. The van der Waals surface area contributed by atoms with E-state index in [1.807, 2.05) is 12.1 Å². The Bertz CT molecular complexity index is 2980. The molecule has 0 saturated carbocycles. The molecule has 0 bridgehead atoms. The van der Waals surface area contributed by atoms with Gasteiger partial charge in [-0.15, -0.1) is 0 Å². The van der Waals surface area contributed by atoms with Crippen molar-refractivity contribution < 1.29 is 8.83 Å². The van der Waals surface area contributed by atoms with Gasteiger partial charge in [-0.1, -0.05) is 121 Å². The van der Waals surface area contributed by atoms with Crippen molar-refractivity contribution in [3.63, 3.8) is 0 Å². The van der Waals surface area contributed by atoms with Crippen molar-refractivity contribution in [3.05, 3.63) is 199 Å². The van der Waals surface area contributed by atoms with Gasteiger partial charge in [0.2, 0.25) is 0 Å². The zero-order valence-electron chi connectivity index (χ0n) is 29.1. The fourth-order valence-corrected chi connectivity index (χ4v) is 8.71. The lowest BCUT2D eigenvalue weighted by molar-refractivity contribution is 0.662. The summed E-state index contributed by atoms with van der Waals surface area (Å²) in [4.78, 5) is 2.33. The van der Waals surface area contributed by atoms with E-state index in [0.717, 1.165) is 60.9 Å². The molecule has 0 fully saturated rings. The third-order valence-corrected chi connectivity index (χ3v) is 11.4. The van der Waals surface area contributed by atoms with Crippen LogP contribution in [0.25, 0.3) is 66.1 Å². The van der Waals surface area contributed by atoms with E-state index in [2.05, 4.69) is 182 Å². The number of benzene rings is 8. The van der Waals surface area contributed by atoms with Crippen molar-refractivity contribution in [2.75, 3.05) is 4.90 Å². The van der Waals surface area contributed by atoms with E-state index in [-0.39, 0.29) is 5.41 Å². The Labute approximate surface area is 307 Å². The highest BCUT2D eigenvalue weighted by molar-refractivity contribution is 6.08. The van der Waals surface area contributed by atoms with Crippen LogP contribution in [0.2, 0.25) is 0 Å². The van der Waals surface area contributed by atoms with Gasteiger partial charge < -0.3 is 13.7 Å². The van der Waals surface area contributed by atoms with Crippen molar-refractivity contribution >= 4 is 60.9 Å². The number of rotatable bonds is 5. The first-order chi connectivity index (χ1) is 26.1. The van der Waals surface area contributed by atoms with Crippen molar-refractivity contribution in [1.29, 1.82) is 0 Å². The van der Waals surface area contributed by atoms with Gasteiger partial charge in [0.05, 0.1) is 0 Å². The number of nitrogens with zero attached hydrogens (tertiary/aromatic N) is 1. The molecule has 0 saturated heterocycles. The van der Waals surface area contributed by atoms with Gasteiger partial charge in [0, 0.05) is 44.0 Å². The summed E-state index contributed by atoms with van der Waals surface area (Å²) in [7, 11) is 0.